The molecule has 0 radical (unpaired) electrons. The molecule has 0 aliphatic carbocycles. The number of nitriles is 1. The Hall–Kier alpha value is -4.40. The van der Waals surface area contributed by atoms with E-state index in [1.165, 1.54) is 37.5 Å². The second kappa shape index (κ2) is 12.7. The van der Waals surface area contributed by atoms with Gasteiger partial charge in [-0.25, -0.2) is 4.79 Å². The lowest BCUT2D eigenvalue weighted by atomic mass is 10.1. The number of hydrogen-bond acceptors (Lipinski definition) is 8. The number of carbonyl (C=O) groups excluding carboxylic acids is 2. The predicted molar refractivity (Wildman–Crippen MR) is 144 cm³/mol. The molecule has 0 aliphatic heterocycles. The van der Waals surface area contributed by atoms with Crippen molar-refractivity contribution in [3.63, 3.8) is 0 Å². The number of amides is 1. The first-order valence-corrected chi connectivity index (χ1v) is 12.0. The largest absolute Gasteiger partial charge is 0.497 e. The van der Waals surface area contributed by atoms with Crippen molar-refractivity contribution in [3.05, 3.63) is 90.9 Å². The fraction of sp³-hybridized carbons (Fsp3) is 0.115. The van der Waals surface area contributed by atoms with Crippen LogP contribution in [-0.4, -0.2) is 30.5 Å². The minimum atomic E-state index is -0.873. The van der Waals surface area contributed by atoms with Crippen LogP contribution in [0.15, 0.2) is 64.6 Å². The van der Waals surface area contributed by atoms with Crippen LogP contribution in [0.25, 0.3) is 6.08 Å². The summed E-state index contributed by atoms with van der Waals surface area (Å²) in [7, 11) is 1.51. The van der Waals surface area contributed by atoms with Crippen molar-refractivity contribution in [2.75, 3.05) is 19.0 Å². The number of nitro benzene ring substituents is 1. The SMILES string of the molecule is CCOc1cc(C=C(C#N)C(=O)Nc2ccc(Cl)cc2[N+](=O)[O-])cc(Br)c1OC(=O)c1ccc(OC)cc1. The highest BCUT2D eigenvalue weighted by molar-refractivity contribution is 9.10. The van der Waals surface area contributed by atoms with Gasteiger partial charge < -0.3 is 19.5 Å². The molecule has 194 valence electrons. The van der Waals surface area contributed by atoms with Crippen LogP contribution in [0.4, 0.5) is 11.4 Å². The summed E-state index contributed by atoms with van der Waals surface area (Å²) in [4.78, 5) is 36.0. The van der Waals surface area contributed by atoms with Gasteiger partial charge in [0.15, 0.2) is 11.5 Å². The van der Waals surface area contributed by atoms with Crippen molar-refractivity contribution < 1.29 is 28.7 Å². The molecule has 0 atom stereocenters. The summed E-state index contributed by atoms with van der Waals surface area (Å²) < 4.78 is 16.6. The van der Waals surface area contributed by atoms with Gasteiger partial charge in [-0.15, -0.1) is 0 Å². The molecule has 3 aromatic rings. The highest BCUT2D eigenvalue weighted by Gasteiger charge is 2.20. The van der Waals surface area contributed by atoms with E-state index in [1.54, 1.807) is 37.3 Å². The van der Waals surface area contributed by atoms with E-state index >= 15 is 0 Å². The molecule has 0 aromatic heterocycles. The molecule has 1 amide bonds. The second-order valence-electron chi connectivity index (χ2n) is 7.42. The van der Waals surface area contributed by atoms with E-state index in [9.17, 15) is 25.0 Å². The van der Waals surface area contributed by atoms with E-state index in [1.807, 2.05) is 0 Å². The summed E-state index contributed by atoms with van der Waals surface area (Å²) in [5, 5.41) is 23.4. The van der Waals surface area contributed by atoms with Crippen LogP contribution in [0.2, 0.25) is 5.02 Å². The minimum Gasteiger partial charge on any atom is -0.497 e. The third-order valence-electron chi connectivity index (χ3n) is 4.93. The maximum Gasteiger partial charge on any atom is 0.343 e. The second-order valence-corrected chi connectivity index (χ2v) is 8.71. The standard InChI is InChI=1S/C26H19BrClN3O7/c1-3-37-23-12-15(11-20(27)24(23)38-26(33)16-4-7-19(36-2)8-5-16)10-17(14-29)25(32)30-21-9-6-18(28)13-22(21)31(34)35/h4-13H,3H2,1-2H3,(H,30,32). The van der Waals surface area contributed by atoms with Crippen LogP contribution >= 0.6 is 27.5 Å². The Bertz CT molecular complexity index is 1470. The summed E-state index contributed by atoms with van der Waals surface area (Å²) >= 11 is 9.16. The zero-order chi connectivity index (χ0) is 27.8. The Kier molecular flexibility index (Phi) is 9.43. The number of hydrogen-bond donors (Lipinski definition) is 1. The van der Waals surface area contributed by atoms with E-state index in [0.29, 0.717) is 15.8 Å². The molecule has 0 spiro atoms. The van der Waals surface area contributed by atoms with Gasteiger partial charge in [0.25, 0.3) is 11.6 Å². The van der Waals surface area contributed by atoms with Crippen molar-refractivity contribution >= 4 is 56.9 Å². The van der Waals surface area contributed by atoms with Crippen LogP contribution < -0.4 is 19.5 Å². The smallest absolute Gasteiger partial charge is 0.343 e. The summed E-state index contributed by atoms with van der Waals surface area (Å²) in [6.45, 7) is 1.97. The summed E-state index contributed by atoms with van der Waals surface area (Å²) in [5.74, 6) is -0.649. The Morgan fingerprint density at radius 1 is 1.18 bits per heavy atom. The normalized spacial score (nSPS) is 10.8. The quantitative estimate of drug-likeness (QED) is 0.0766. The van der Waals surface area contributed by atoms with Gasteiger partial charge in [-0.2, -0.15) is 5.26 Å². The third kappa shape index (κ3) is 6.88. The van der Waals surface area contributed by atoms with Gasteiger partial charge in [-0.05, 0) is 83.0 Å². The average molecular weight is 601 g/mol. The first-order chi connectivity index (χ1) is 18.2. The number of methoxy groups -OCH3 is 1. The molecule has 0 aliphatic rings. The zero-order valence-electron chi connectivity index (χ0n) is 20.0. The number of halogens is 2. The molecule has 0 fully saturated rings. The molecule has 3 rings (SSSR count). The summed E-state index contributed by atoms with van der Waals surface area (Å²) in [6, 6.07) is 14.9. The van der Waals surface area contributed by atoms with E-state index in [4.69, 9.17) is 25.8 Å². The third-order valence-corrected chi connectivity index (χ3v) is 5.76. The highest BCUT2D eigenvalue weighted by atomic mass is 79.9. The van der Waals surface area contributed by atoms with Crippen molar-refractivity contribution in [2.45, 2.75) is 6.92 Å². The first kappa shape index (κ1) is 28.2. The Labute approximate surface area is 230 Å². The Morgan fingerprint density at radius 3 is 2.50 bits per heavy atom. The number of carbonyl (C=O) groups is 2. The lowest BCUT2D eigenvalue weighted by Gasteiger charge is -2.14. The maximum absolute atomic E-state index is 12.7. The predicted octanol–water partition coefficient (Wildman–Crippen LogP) is 6.18. The molecule has 12 heteroatoms. The van der Waals surface area contributed by atoms with Crippen molar-refractivity contribution in [1.29, 1.82) is 5.26 Å². The first-order valence-electron chi connectivity index (χ1n) is 10.9. The molecule has 0 saturated heterocycles. The number of ether oxygens (including phenoxy) is 3. The number of rotatable bonds is 9. The molecule has 0 saturated carbocycles. The van der Waals surface area contributed by atoms with Gasteiger partial charge >= 0.3 is 5.97 Å². The van der Waals surface area contributed by atoms with Gasteiger partial charge in [0.05, 0.1) is 28.7 Å². The number of esters is 1. The van der Waals surface area contributed by atoms with Crippen LogP contribution in [0.1, 0.15) is 22.8 Å². The minimum absolute atomic E-state index is 0.101. The van der Waals surface area contributed by atoms with Crippen LogP contribution in [0.3, 0.4) is 0 Å². The topological polar surface area (TPSA) is 141 Å². The number of nitrogens with zero attached hydrogens (tertiary/aromatic N) is 2. The lowest BCUT2D eigenvalue weighted by molar-refractivity contribution is -0.383. The molecular weight excluding hydrogens is 582 g/mol. The molecule has 0 unspecified atom stereocenters. The fourth-order valence-electron chi connectivity index (χ4n) is 3.18. The highest BCUT2D eigenvalue weighted by Crippen LogP contribution is 2.38. The van der Waals surface area contributed by atoms with E-state index in [2.05, 4.69) is 21.2 Å². The van der Waals surface area contributed by atoms with Gasteiger partial charge in [-0.3, -0.25) is 14.9 Å². The van der Waals surface area contributed by atoms with Crippen LogP contribution in [0, 0.1) is 21.4 Å². The van der Waals surface area contributed by atoms with E-state index in [0.717, 1.165) is 6.07 Å². The van der Waals surface area contributed by atoms with Gasteiger partial charge in [-0.1, -0.05) is 11.6 Å². The number of benzene rings is 3. The summed E-state index contributed by atoms with van der Waals surface area (Å²) in [5.41, 5.74) is -0.243. The van der Waals surface area contributed by atoms with Crippen molar-refractivity contribution in [2.24, 2.45) is 0 Å². The monoisotopic (exact) mass is 599 g/mol. The van der Waals surface area contributed by atoms with E-state index < -0.39 is 22.5 Å². The van der Waals surface area contributed by atoms with Gasteiger partial charge in [0.1, 0.15) is 23.1 Å². The van der Waals surface area contributed by atoms with Crippen molar-refractivity contribution in [3.8, 4) is 23.3 Å². The molecule has 1 N–H and O–H groups in total. The van der Waals surface area contributed by atoms with Gasteiger partial charge in [0.2, 0.25) is 0 Å². The summed E-state index contributed by atoms with van der Waals surface area (Å²) in [6.07, 6.45) is 1.26. The van der Waals surface area contributed by atoms with Crippen LogP contribution in [0.5, 0.6) is 17.2 Å². The average Bonchev–Trinajstić information content (AvgIpc) is 2.90. The van der Waals surface area contributed by atoms with E-state index in [-0.39, 0.29) is 40.0 Å². The lowest BCUT2D eigenvalue weighted by Crippen LogP contribution is -2.14. The number of nitrogens with one attached hydrogen (secondary N) is 1. The van der Waals surface area contributed by atoms with Gasteiger partial charge in [0, 0.05) is 11.1 Å². The Balaban J connectivity index is 1.90. The maximum atomic E-state index is 12.7. The van der Waals surface area contributed by atoms with Crippen LogP contribution in [-0.2, 0) is 4.79 Å². The zero-order valence-corrected chi connectivity index (χ0v) is 22.3. The van der Waals surface area contributed by atoms with Crippen molar-refractivity contribution in [1.82, 2.24) is 0 Å². The fourth-order valence-corrected chi connectivity index (χ4v) is 3.89. The molecular formula is C26H19BrClN3O7. The molecule has 38 heavy (non-hydrogen) atoms. The molecule has 10 nitrogen and oxygen atoms in total. The molecule has 3 aromatic carbocycles. The molecule has 0 bridgehead atoms. The molecule has 0 heterocycles. The number of nitro groups is 1. The Morgan fingerprint density at radius 2 is 1.89 bits per heavy atom. The number of anilines is 1.